The van der Waals surface area contributed by atoms with Gasteiger partial charge in [-0.25, -0.2) is 9.59 Å². The maximum absolute atomic E-state index is 12.9. The van der Waals surface area contributed by atoms with E-state index in [-0.39, 0.29) is 11.7 Å². The van der Waals surface area contributed by atoms with Gasteiger partial charge in [0.2, 0.25) is 5.91 Å². The highest BCUT2D eigenvalue weighted by Gasteiger charge is 2.49. The Morgan fingerprint density at radius 2 is 1.94 bits per heavy atom. The molecular formula is C22H27N5O6. The van der Waals surface area contributed by atoms with Crippen LogP contribution in [-0.2, 0) is 15.1 Å². The molecule has 4 rings (SSSR count). The van der Waals surface area contributed by atoms with E-state index in [1.807, 2.05) is 6.92 Å². The van der Waals surface area contributed by atoms with Crippen molar-refractivity contribution in [2.45, 2.75) is 51.1 Å². The highest BCUT2D eigenvalue weighted by Crippen LogP contribution is 2.49. The van der Waals surface area contributed by atoms with Gasteiger partial charge in [0.05, 0.1) is 4.92 Å². The fourth-order valence-corrected chi connectivity index (χ4v) is 5.52. The zero-order valence-corrected chi connectivity index (χ0v) is 18.5. The molecule has 176 valence electrons. The molecule has 1 heterocycles. The van der Waals surface area contributed by atoms with Gasteiger partial charge in [-0.05, 0) is 68.6 Å². The lowest BCUT2D eigenvalue weighted by atomic mass is 9.84. The monoisotopic (exact) mass is 457 g/mol. The lowest BCUT2D eigenvalue weighted by molar-refractivity contribution is -0.384. The van der Waals surface area contributed by atoms with E-state index in [1.165, 1.54) is 50.5 Å². The Labute approximate surface area is 190 Å². The molecule has 0 spiro atoms. The number of non-ortho nitro benzene ring substituents is 1. The van der Waals surface area contributed by atoms with Gasteiger partial charge >= 0.3 is 12.1 Å². The van der Waals surface area contributed by atoms with Crippen molar-refractivity contribution in [2.24, 2.45) is 17.8 Å². The third-order valence-electron chi connectivity index (χ3n) is 7.28. The fraction of sp³-hybridized carbons (Fsp3) is 0.545. The first-order chi connectivity index (χ1) is 15.6. The molecular weight excluding hydrogens is 430 g/mol. The van der Waals surface area contributed by atoms with Crippen LogP contribution in [0.3, 0.4) is 0 Å². The Bertz CT molecular complexity index is 1010. The van der Waals surface area contributed by atoms with Gasteiger partial charge in [0.15, 0.2) is 0 Å². The number of amides is 6. The number of fused-ring (bicyclic) bond motifs is 2. The third-order valence-corrected chi connectivity index (χ3v) is 7.28. The summed E-state index contributed by atoms with van der Waals surface area (Å²) >= 11 is 0. The molecule has 5 unspecified atom stereocenters. The van der Waals surface area contributed by atoms with E-state index in [0.717, 1.165) is 17.2 Å². The Morgan fingerprint density at radius 3 is 2.52 bits per heavy atom. The highest BCUT2D eigenvalue weighted by atomic mass is 16.6. The van der Waals surface area contributed by atoms with Crippen molar-refractivity contribution in [1.29, 1.82) is 0 Å². The minimum atomic E-state index is -1.48. The summed E-state index contributed by atoms with van der Waals surface area (Å²) in [6.45, 7) is 2.77. The largest absolute Gasteiger partial charge is 0.335 e. The minimum absolute atomic E-state index is 0.0738. The summed E-state index contributed by atoms with van der Waals surface area (Å²) in [6, 6.07) is 3.71. The van der Waals surface area contributed by atoms with E-state index in [9.17, 15) is 29.3 Å². The summed E-state index contributed by atoms with van der Waals surface area (Å²) in [6.07, 6.45) is 4.73. The normalized spacial score (nSPS) is 29.0. The zero-order chi connectivity index (χ0) is 23.9. The van der Waals surface area contributed by atoms with E-state index >= 15 is 0 Å². The number of nitrogens with one attached hydrogen (secondary N) is 3. The Kier molecular flexibility index (Phi) is 5.81. The van der Waals surface area contributed by atoms with Crippen LogP contribution < -0.4 is 16.0 Å². The molecule has 1 saturated heterocycles. The van der Waals surface area contributed by atoms with Crippen molar-refractivity contribution in [3.05, 3.63) is 39.9 Å². The van der Waals surface area contributed by atoms with Crippen LogP contribution in [0.5, 0.6) is 0 Å². The predicted molar refractivity (Wildman–Crippen MR) is 116 cm³/mol. The van der Waals surface area contributed by atoms with E-state index in [0.29, 0.717) is 17.4 Å². The van der Waals surface area contributed by atoms with Crippen molar-refractivity contribution in [1.82, 2.24) is 20.9 Å². The summed E-state index contributed by atoms with van der Waals surface area (Å²) < 4.78 is 0. The minimum Gasteiger partial charge on any atom is -0.335 e. The number of carbonyl (C=O) groups is 4. The van der Waals surface area contributed by atoms with Crippen molar-refractivity contribution < 1.29 is 24.1 Å². The number of nitrogens with zero attached hydrogens (tertiary/aromatic N) is 2. The first kappa shape index (κ1) is 22.7. The van der Waals surface area contributed by atoms with Crippen LogP contribution in [0.15, 0.2) is 24.3 Å². The molecule has 3 N–H and O–H groups in total. The van der Waals surface area contributed by atoms with Gasteiger partial charge in [0.1, 0.15) is 12.1 Å². The number of benzene rings is 1. The fourth-order valence-electron chi connectivity index (χ4n) is 5.52. The predicted octanol–water partition coefficient (Wildman–Crippen LogP) is 2.01. The van der Waals surface area contributed by atoms with Crippen molar-refractivity contribution in [3.63, 3.8) is 0 Å². The van der Waals surface area contributed by atoms with Gasteiger partial charge in [0, 0.05) is 18.2 Å². The first-order valence-corrected chi connectivity index (χ1v) is 11.1. The number of hydrogen-bond acceptors (Lipinski definition) is 6. The Morgan fingerprint density at radius 1 is 1.24 bits per heavy atom. The highest BCUT2D eigenvalue weighted by molar-refractivity contribution is 6.10. The molecule has 11 heteroatoms. The van der Waals surface area contributed by atoms with Crippen molar-refractivity contribution in [3.8, 4) is 0 Å². The summed E-state index contributed by atoms with van der Waals surface area (Å²) in [5.74, 6) is 0.275. The molecule has 11 nitrogen and oxygen atoms in total. The van der Waals surface area contributed by atoms with Gasteiger partial charge in [-0.15, -0.1) is 0 Å². The molecule has 5 atom stereocenters. The number of hydrogen-bond donors (Lipinski definition) is 3. The SMILES string of the molecule is CC(NC(=O)NC(=O)CN1C(=O)NC(C)(c2ccc([N+](=O)[O-])cc2)C1=O)C1CC2CCC1C2. The third kappa shape index (κ3) is 4.27. The lowest BCUT2D eigenvalue weighted by Crippen LogP contribution is -2.50. The maximum Gasteiger partial charge on any atom is 0.325 e. The molecule has 1 aliphatic heterocycles. The molecule has 2 aliphatic carbocycles. The molecule has 1 aromatic carbocycles. The number of nitro benzene ring substituents is 1. The molecule has 3 aliphatic rings. The first-order valence-electron chi connectivity index (χ1n) is 11.1. The molecule has 1 aromatic rings. The van der Waals surface area contributed by atoms with Gasteiger partial charge in [-0.2, -0.15) is 0 Å². The van der Waals surface area contributed by atoms with Gasteiger partial charge in [-0.1, -0.05) is 6.42 Å². The molecule has 2 saturated carbocycles. The van der Waals surface area contributed by atoms with Crippen LogP contribution in [0.2, 0.25) is 0 Å². The Balaban J connectivity index is 1.33. The van der Waals surface area contributed by atoms with Crippen LogP contribution in [-0.4, -0.2) is 46.3 Å². The van der Waals surface area contributed by atoms with Crippen molar-refractivity contribution in [2.75, 3.05) is 6.54 Å². The van der Waals surface area contributed by atoms with Gasteiger partial charge in [0.25, 0.3) is 11.6 Å². The second-order valence-corrected chi connectivity index (χ2v) is 9.40. The second kappa shape index (κ2) is 8.45. The van der Waals surface area contributed by atoms with Crippen LogP contribution >= 0.6 is 0 Å². The smallest absolute Gasteiger partial charge is 0.325 e. The Hall–Kier alpha value is -3.50. The summed E-state index contributed by atoms with van der Waals surface area (Å²) in [4.78, 5) is 61.0. The number of urea groups is 2. The van der Waals surface area contributed by atoms with Gasteiger partial charge < -0.3 is 10.6 Å². The van der Waals surface area contributed by atoms with E-state index in [4.69, 9.17) is 0 Å². The molecule has 2 bridgehead atoms. The van der Waals surface area contributed by atoms with Gasteiger partial charge in [-0.3, -0.25) is 29.9 Å². The van der Waals surface area contributed by atoms with Crippen LogP contribution in [0, 0.1) is 27.9 Å². The number of imide groups is 2. The number of carbonyl (C=O) groups excluding carboxylic acids is 4. The number of nitro groups is 1. The lowest BCUT2D eigenvalue weighted by Gasteiger charge is -2.28. The summed E-state index contributed by atoms with van der Waals surface area (Å²) in [7, 11) is 0. The van der Waals surface area contributed by atoms with Crippen LogP contribution in [0.25, 0.3) is 0 Å². The number of rotatable bonds is 6. The molecule has 0 radical (unpaired) electrons. The van der Waals surface area contributed by atoms with Crippen molar-refractivity contribution >= 4 is 29.6 Å². The van der Waals surface area contributed by atoms with E-state index < -0.39 is 40.9 Å². The molecule has 0 aromatic heterocycles. The van der Waals surface area contributed by atoms with E-state index in [2.05, 4.69) is 16.0 Å². The van der Waals surface area contributed by atoms with Crippen LogP contribution in [0.4, 0.5) is 15.3 Å². The molecule has 33 heavy (non-hydrogen) atoms. The molecule has 3 fully saturated rings. The topological polar surface area (TPSA) is 151 Å². The van der Waals surface area contributed by atoms with E-state index in [1.54, 1.807) is 0 Å². The molecule has 6 amide bonds. The second-order valence-electron chi connectivity index (χ2n) is 9.40. The summed E-state index contributed by atoms with van der Waals surface area (Å²) in [5.41, 5.74) is -1.29. The van der Waals surface area contributed by atoms with Crippen LogP contribution in [0.1, 0.15) is 45.1 Å². The summed E-state index contributed by atoms with van der Waals surface area (Å²) in [5, 5.41) is 18.4. The maximum atomic E-state index is 12.9. The average Bonchev–Trinajstić information content (AvgIpc) is 3.45. The zero-order valence-electron chi connectivity index (χ0n) is 18.5. The quantitative estimate of drug-likeness (QED) is 0.338. The average molecular weight is 457 g/mol. The standard InChI is InChI=1S/C22H27N5O6/c1-12(17-10-13-3-4-14(17)9-13)23-20(30)24-18(28)11-26-19(29)22(2,25-21(26)31)15-5-7-16(8-6-15)27(32)33/h5-8,12-14,17H,3-4,9-11H2,1-2H3,(H,25,31)(H2,23,24,28,30).